The fourth-order valence-corrected chi connectivity index (χ4v) is 0.527. The van der Waals surface area contributed by atoms with E-state index in [1.54, 1.807) is 12.2 Å². The van der Waals surface area contributed by atoms with E-state index in [1.165, 1.54) is 0 Å². The minimum Gasteiger partial charge on any atom is -0.347 e. The number of hydrogen-bond donors (Lipinski definition) is 3. The largest absolute Gasteiger partial charge is 0.347 e. The number of nitrogens with two attached hydrogens (primary N) is 1. The highest BCUT2D eigenvalue weighted by atomic mass is 16.2. The van der Waals surface area contributed by atoms with Gasteiger partial charge < -0.3 is 5.32 Å². The lowest BCUT2D eigenvalue weighted by Gasteiger charge is -2.00. The van der Waals surface area contributed by atoms with E-state index >= 15 is 0 Å². The zero-order valence-corrected chi connectivity index (χ0v) is 6.96. The van der Waals surface area contributed by atoms with Crippen LogP contribution in [-0.4, -0.2) is 18.4 Å². The Morgan fingerprint density at radius 3 is 2.58 bits per heavy atom. The lowest BCUT2D eigenvalue weighted by atomic mass is 10.3. The van der Waals surface area contributed by atoms with Gasteiger partial charge in [0.25, 0.3) is 5.91 Å². The lowest BCUT2D eigenvalue weighted by Crippen LogP contribution is -2.39. The van der Waals surface area contributed by atoms with Crippen LogP contribution >= 0.6 is 0 Å². The third kappa shape index (κ3) is 5.43. The van der Waals surface area contributed by atoms with Crippen LogP contribution in [0, 0.1) is 0 Å². The number of carbonyl (C=O) groups excluding carboxylic acids is 2. The van der Waals surface area contributed by atoms with Crippen molar-refractivity contribution in [3.8, 4) is 0 Å². The van der Waals surface area contributed by atoms with Gasteiger partial charge in [0.05, 0.1) is 6.54 Å². The number of allylic oxidation sites excluding steroid dienone is 1. The zero-order valence-electron chi connectivity index (χ0n) is 6.96. The molecule has 0 aliphatic rings. The topological polar surface area (TPSA) is 84.2 Å². The third-order valence-corrected chi connectivity index (χ3v) is 1.15. The van der Waals surface area contributed by atoms with Crippen LogP contribution in [0.4, 0.5) is 0 Å². The third-order valence-electron chi connectivity index (χ3n) is 1.15. The van der Waals surface area contributed by atoms with Crippen LogP contribution in [0.3, 0.4) is 0 Å². The minimum atomic E-state index is -0.413. The second-order valence-corrected chi connectivity index (χ2v) is 2.12. The van der Waals surface area contributed by atoms with Gasteiger partial charge in [-0.1, -0.05) is 12.2 Å². The lowest BCUT2D eigenvalue weighted by molar-refractivity contribution is -0.125. The van der Waals surface area contributed by atoms with Crippen molar-refractivity contribution in [3.63, 3.8) is 0 Å². The van der Waals surface area contributed by atoms with Crippen molar-refractivity contribution in [1.29, 1.82) is 0 Å². The molecule has 0 aromatic carbocycles. The van der Waals surface area contributed by atoms with E-state index in [9.17, 15) is 9.59 Å². The Morgan fingerprint density at radius 2 is 2.08 bits per heavy atom. The predicted octanol–water partition coefficient (Wildman–Crippen LogP) is -0.941. The monoisotopic (exact) mass is 171 g/mol. The van der Waals surface area contributed by atoms with E-state index in [0.717, 1.165) is 0 Å². The summed E-state index contributed by atoms with van der Waals surface area (Å²) in [5.41, 5.74) is 1.90. The van der Waals surface area contributed by atoms with Crippen molar-refractivity contribution >= 4 is 11.8 Å². The van der Waals surface area contributed by atoms with Crippen molar-refractivity contribution in [2.45, 2.75) is 13.3 Å². The second kappa shape index (κ2) is 6.36. The number of nitrogens with one attached hydrogen (secondary N) is 2. The van der Waals surface area contributed by atoms with Crippen molar-refractivity contribution in [2.24, 2.45) is 5.84 Å². The molecule has 0 bridgehead atoms. The highest BCUT2D eigenvalue weighted by molar-refractivity contribution is 5.84. The molecule has 4 N–H and O–H groups in total. The molecular formula is C7H13N3O2. The van der Waals surface area contributed by atoms with E-state index in [2.05, 4.69) is 5.32 Å². The summed E-state index contributed by atoms with van der Waals surface area (Å²) in [6.07, 6.45) is 3.76. The van der Waals surface area contributed by atoms with Gasteiger partial charge in [0, 0.05) is 6.42 Å². The van der Waals surface area contributed by atoms with Crippen LogP contribution < -0.4 is 16.6 Å². The number of amides is 2. The minimum absolute atomic E-state index is 0.0765. The molecule has 0 radical (unpaired) electrons. The van der Waals surface area contributed by atoms with E-state index in [4.69, 9.17) is 5.84 Å². The second-order valence-electron chi connectivity index (χ2n) is 2.12. The maximum absolute atomic E-state index is 10.8. The first-order valence-corrected chi connectivity index (χ1v) is 3.58. The molecule has 0 saturated carbocycles. The molecule has 0 fully saturated rings. The summed E-state index contributed by atoms with van der Waals surface area (Å²) in [7, 11) is 0. The van der Waals surface area contributed by atoms with Gasteiger partial charge in [-0.3, -0.25) is 15.0 Å². The Kier molecular flexibility index (Phi) is 5.64. The molecular weight excluding hydrogens is 158 g/mol. The summed E-state index contributed by atoms with van der Waals surface area (Å²) in [4.78, 5) is 21.4. The Balaban J connectivity index is 3.50. The molecule has 0 aromatic rings. The maximum Gasteiger partial charge on any atom is 0.253 e. The fourth-order valence-electron chi connectivity index (χ4n) is 0.527. The molecule has 12 heavy (non-hydrogen) atoms. The highest BCUT2D eigenvalue weighted by Crippen LogP contribution is 1.81. The summed E-state index contributed by atoms with van der Waals surface area (Å²) in [5.74, 6) is 4.18. The van der Waals surface area contributed by atoms with Crippen molar-refractivity contribution in [3.05, 3.63) is 12.2 Å². The van der Waals surface area contributed by atoms with Crippen molar-refractivity contribution < 1.29 is 9.59 Å². The molecule has 5 heteroatoms. The van der Waals surface area contributed by atoms with Crippen LogP contribution in [-0.2, 0) is 9.59 Å². The fraction of sp³-hybridized carbons (Fsp3) is 0.429. The summed E-state index contributed by atoms with van der Waals surface area (Å²) < 4.78 is 0. The van der Waals surface area contributed by atoms with Gasteiger partial charge in [0.2, 0.25) is 5.91 Å². The van der Waals surface area contributed by atoms with E-state index in [-0.39, 0.29) is 18.9 Å². The number of carbonyl (C=O) groups is 2. The van der Waals surface area contributed by atoms with Gasteiger partial charge in [-0.15, -0.1) is 0 Å². The van der Waals surface area contributed by atoms with Crippen LogP contribution in [0.15, 0.2) is 12.2 Å². The molecule has 0 aromatic heterocycles. The smallest absolute Gasteiger partial charge is 0.253 e. The standard InChI is InChI=1S/C7H13N3O2/c1-2-3-4-6(11)9-5-7(12)10-8/h2-3H,4-5,8H2,1H3,(H,9,11)(H,10,12)/b3-2+. The van der Waals surface area contributed by atoms with E-state index in [1.807, 2.05) is 12.3 Å². The van der Waals surface area contributed by atoms with Gasteiger partial charge in [-0.25, -0.2) is 5.84 Å². The first-order valence-electron chi connectivity index (χ1n) is 3.58. The Labute approximate surface area is 71.0 Å². The molecule has 0 rings (SSSR count). The Bertz CT molecular complexity index is 189. The number of hydrogen-bond acceptors (Lipinski definition) is 3. The summed E-state index contributed by atoms with van der Waals surface area (Å²) in [6.45, 7) is 1.74. The van der Waals surface area contributed by atoms with Crippen LogP contribution in [0.2, 0.25) is 0 Å². The molecule has 0 heterocycles. The first-order chi connectivity index (χ1) is 5.70. The average Bonchev–Trinajstić information content (AvgIpc) is 2.10. The Morgan fingerprint density at radius 1 is 1.42 bits per heavy atom. The predicted molar refractivity (Wildman–Crippen MR) is 44.8 cm³/mol. The molecule has 2 amide bonds. The van der Waals surface area contributed by atoms with Crippen LogP contribution in [0.25, 0.3) is 0 Å². The zero-order chi connectivity index (χ0) is 9.40. The number of hydrazine groups is 1. The van der Waals surface area contributed by atoms with E-state index < -0.39 is 5.91 Å². The quantitative estimate of drug-likeness (QED) is 0.221. The van der Waals surface area contributed by atoms with Crippen LogP contribution in [0.1, 0.15) is 13.3 Å². The summed E-state index contributed by atoms with van der Waals surface area (Å²) in [5, 5.41) is 2.39. The number of rotatable bonds is 4. The molecule has 0 unspecified atom stereocenters. The van der Waals surface area contributed by atoms with E-state index in [0.29, 0.717) is 0 Å². The summed E-state index contributed by atoms with van der Waals surface area (Å²) >= 11 is 0. The molecule has 0 atom stereocenters. The molecule has 68 valence electrons. The average molecular weight is 171 g/mol. The van der Waals surface area contributed by atoms with Crippen LogP contribution in [0.5, 0.6) is 0 Å². The van der Waals surface area contributed by atoms with Gasteiger partial charge in [-0.2, -0.15) is 0 Å². The molecule has 0 aliphatic carbocycles. The normalized spacial score (nSPS) is 9.83. The molecule has 0 aliphatic heterocycles. The van der Waals surface area contributed by atoms with Gasteiger partial charge >= 0.3 is 0 Å². The maximum atomic E-state index is 10.8. The summed E-state index contributed by atoms with van der Waals surface area (Å²) in [6, 6.07) is 0. The SMILES string of the molecule is C/C=C/CC(=O)NCC(=O)NN. The molecule has 5 nitrogen and oxygen atoms in total. The van der Waals surface area contributed by atoms with Crippen molar-refractivity contribution in [2.75, 3.05) is 6.54 Å². The molecule has 0 spiro atoms. The van der Waals surface area contributed by atoms with Gasteiger partial charge in [-0.05, 0) is 6.92 Å². The highest BCUT2D eigenvalue weighted by Gasteiger charge is 2.00. The van der Waals surface area contributed by atoms with Gasteiger partial charge in [0.15, 0.2) is 0 Å². The van der Waals surface area contributed by atoms with Crippen molar-refractivity contribution in [1.82, 2.24) is 10.7 Å². The Hall–Kier alpha value is -1.36. The van der Waals surface area contributed by atoms with Gasteiger partial charge in [0.1, 0.15) is 0 Å². The molecule has 0 saturated heterocycles. The first kappa shape index (κ1) is 10.6.